The van der Waals surface area contributed by atoms with Crippen molar-refractivity contribution in [2.24, 2.45) is 0 Å². The summed E-state index contributed by atoms with van der Waals surface area (Å²) in [5, 5.41) is 17.0. The Bertz CT molecular complexity index is 494. The standard InChI is InChI=1S/C13H19N3O3S/c1-4-14-13(17)10-5-6-12(16(18)19)11(7-10)15-8-9(2)20-3/h5-7,9,15H,4,8H2,1-3H3,(H,14,17). The number of benzene rings is 1. The predicted octanol–water partition coefficient (Wildman–Crippen LogP) is 2.51. The van der Waals surface area contributed by atoms with E-state index >= 15 is 0 Å². The van der Waals surface area contributed by atoms with E-state index < -0.39 is 4.92 Å². The van der Waals surface area contributed by atoms with E-state index in [-0.39, 0.29) is 11.6 Å². The second-order valence-electron chi connectivity index (χ2n) is 4.28. The molecule has 1 aromatic rings. The molecule has 0 saturated heterocycles. The highest BCUT2D eigenvalue weighted by molar-refractivity contribution is 7.99. The first-order valence-electron chi connectivity index (χ1n) is 6.32. The highest BCUT2D eigenvalue weighted by atomic mass is 32.2. The van der Waals surface area contributed by atoms with Crippen LogP contribution in [0, 0.1) is 10.1 Å². The van der Waals surface area contributed by atoms with Crippen molar-refractivity contribution in [3.05, 3.63) is 33.9 Å². The monoisotopic (exact) mass is 297 g/mol. The maximum absolute atomic E-state index is 11.8. The van der Waals surface area contributed by atoms with Gasteiger partial charge in [-0.05, 0) is 25.3 Å². The summed E-state index contributed by atoms with van der Waals surface area (Å²) in [6.07, 6.45) is 1.98. The molecule has 20 heavy (non-hydrogen) atoms. The van der Waals surface area contributed by atoms with Crippen LogP contribution in [0.5, 0.6) is 0 Å². The van der Waals surface area contributed by atoms with Crippen LogP contribution in [0.2, 0.25) is 0 Å². The van der Waals surface area contributed by atoms with Crippen molar-refractivity contribution in [2.45, 2.75) is 19.1 Å². The lowest BCUT2D eigenvalue weighted by Crippen LogP contribution is -2.23. The first kappa shape index (κ1) is 16.3. The minimum atomic E-state index is -0.451. The summed E-state index contributed by atoms with van der Waals surface area (Å²) in [5.41, 5.74) is 0.766. The van der Waals surface area contributed by atoms with Crippen LogP contribution in [0.15, 0.2) is 18.2 Å². The molecule has 0 radical (unpaired) electrons. The van der Waals surface area contributed by atoms with Gasteiger partial charge in [-0.15, -0.1) is 0 Å². The second-order valence-corrected chi connectivity index (χ2v) is 5.55. The highest BCUT2D eigenvalue weighted by Gasteiger charge is 2.16. The van der Waals surface area contributed by atoms with Crippen LogP contribution in [-0.4, -0.2) is 35.4 Å². The van der Waals surface area contributed by atoms with E-state index in [1.165, 1.54) is 18.2 Å². The first-order valence-corrected chi connectivity index (χ1v) is 7.61. The van der Waals surface area contributed by atoms with Crippen LogP contribution in [-0.2, 0) is 0 Å². The first-order chi connectivity index (χ1) is 9.49. The number of hydrogen-bond acceptors (Lipinski definition) is 5. The van der Waals surface area contributed by atoms with E-state index in [9.17, 15) is 14.9 Å². The summed E-state index contributed by atoms with van der Waals surface area (Å²) in [6.45, 7) is 4.96. The van der Waals surface area contributed by atoms with E-state index in [1.54, 1.807) is 11.8 Å². The summed E-state index contributed by atoms with van der Waals surface area (Å²) >= 11 is 1.67. The molecule has 0 aliphatic heterocycles. The van der Waals surface area contributed by atoms with Gasteiger partial charge in [0.1, 0.15) is 5.69 Å². The number of anilines is 1. The van der Waals surface area contributed by atoms with Gasteiger partial charge in [0.2, 0.25) is 0 Å². The van der Waals surface area contributed by atoms with Gasteiger partial charge in [0.15, 0.2) is 0 Å². The van der Waals surface area contributed by atoms with Gasteiger partial charge >= 0.3 is 0 Å². The largest absolute Gasteiger partial charge is 0.378 e. The Labute approximate surface area is 122 Å². The van der Waals surface area contributed by atoms with E-state index in [2.05, 4.69) is 10.6 Å². The fourth-order valence-corrected chi connectivity index (χ4v) is 1.83. The maximum atomic E-state index is 11.8. The number of nitro benzene ring substituents is 1. The number of carbonyl (C=O) groups excluding carboxylic acids is 1. The minimum Gasteiger partial charge on any atom is -0.378 e. The molecule has 0 aromatic heterocycles. The number of carbonyl (C=O) groups is 1. The summed E-state index contributed by atoms with van der Waals surface area (Å²) in [4.78, 5) is 22.3. The van der Waals surface area contributed by atoms with Crippen molar-refractivity contribution < 1.29 is 9.72 Å². The molecule has 0 spiro atoms. The predicted molar refractivity (Wildman–Crippen MR) is 82.6 cm³/mol. The van der Waals surface area contributed by atoms with Crippen molar-refractivity contribution in [1.29, 1.82) is 0 Å². The zero-order valence-electron chi connectivity index (χ0n) is 11.8. The molecule has 110 valence electrons. The number of nitro groups is 1. The fourth-order valence-electron chi connectivity index (χ4n) is 1.58. The number of nitrogens with one attached hydrogen (secondary N) is 2. The number of hydrogen-bond donors (Lipinski definition) is 2. The summed E-state index contributed by atoms with van der Waals surface area (Å²) in [7, 11) is 0. The van der Waals surface area contributed by atoms with Gasteiger partial charge < -0.3 is 10.6 Å². The van der Waals surface area contributed by atoms with Crippen molar-refractivity contribution >= 4 is 29.0 Å². The van der Waals surface area contributed by atoms with Crippen molar-refractivity contribution in [1.82, 2.24) is 5.32 Å². The SMILES string of the molecule is CCNC(=O)c1ccc([N+](=O)[O-])c(NCC(C)SC)c1. The number of nitrogens with zero attached hydrogens (tertiary/aromatic N) is 1. The molecule has 0 fully saturated rings. The number of thioether (sulfide) groups is 1. The van der Waals surface area contributed by atoms with E-state index in [1.807, 2.05) is 20.1 Å². The topological polar surface area (TPSA) is 84.3 Å². The lowest BCUT2D eigenvalue weighted by Gasteiger charge is -2.12. The molecule has 0 saturated carbocycles. The van der Waals surface area contributed by atoms with Crippen LogP contribution in [0.25, 0.3) is 0 Å². The minimum absolute atomic E-state index is 0.0219. The molecule has 6 nitrogen and oxygen atoms in total. The zero-order chi connectivity index (χ0) is 15.1. The van der Waals surface area contributed by atoms with Gasteiger partial charge in [0, 0.05) is 30.0 Å². The molecule has 0 heterocycles. The van der Waals surface area contributed by atoms with Crippen LogP contribution in [0.1, 0.15) is 24.2 Å². The number of amides is 1. The molecule has 1 amide bonds. The van der Waals surface area contributed by atoms with Crippen LogP contribution in [0.4, 0.5) is 11.4 Å². The lowest BCUT2D eigenvalue weighted by molar-refractivity contribution is -0.384. The third-order valence-electron chi connectivity index (χ3n) is 2.78. The van der Waals surface area contributed by atoms with Crippen LogP contribution >= 0.6 is 11.8 Å². The zero-order valence-corrected chi connectivity index (χ0v) is 12.6. The molecule has 1 rings (SSSR count). The van der Waals surface area contributed by atoms with Gasteiger partial charge in [0.05, 0.1) is 4.92 Å². The smallest absolute Gasteiger partial charge is 0.292 e. The fraction of sp³-hybridized carbons (Fsp3) is 0.462. The molecule has 1 unspecified atom stereocenters. The molecular weight excluding hydrogens is 278 g/mol. The lowest BCUT2D eigenvalue weighted by atomic mass is 10.1. The van der Waals surface area contributed by atoms with Crippen molar-refractivity contribution in [3.63, 3.8) is 0 Å². The second kappa shape index (κ2) is 7.74. The van der Waals surface area contributed by atoms with Gasteiger partial charge in [-0.25, -0.2) is 0 Å². The molecule has 0 bridgehead atoms. The van der Waals surface area contributed by atoms with Gasteiger partial charge in [-0.2, -0.15) is 11.8 Å². The Morgan fingerprint density at radius 1 is 1.50 bits per heavy atom. The van der Waals surface area contributed by atoms with Crippen molar-refractivity contribution in [2.75, 3.05) is 24.7 Å². The van der Waals surface area contributed by atoms with Gasteiger partial charge in [-0.3, -0.25) is 14.9 Å². The van der Waals surface area contributed by atoms with Crippen molar-refractivity contribution in [3.8, 4) is 0 Å². The molecule has 7 heteroatoms. The normalized spacial score (nSPS) is 11.8. The summed E-state index contributed by atoms with van der Waals surface area (Å²) in [6, 6.07) is 4.35. The van der Waals surface area contributed by atoms with Gasteiger partial charge in [0.25, 0.3) is 11.6 Å². The quantitative estimate of drug-likeness (QED) is 0.596. The molecule has 0 aliphatic rings. The average molecular weight is 297 g/mol. The Morgan fingerprint density at radius 2 is 2.20 bits per heavy atom. The molecular formula is C13H19N3O3S. The molecule has 1 atom stereocenters. The number of rotatable bonds is 7. The third kappa shape index (κ3) is 4.41. The van der Waals surface area contributed by atoms with E-state index in [0.717, 1.165) is 0 Å². The summed E-state index contributed by atoms with van der Waals surface area (Å²) in [5.74, 6) is -0.233. The van der Waals surface area contributed by atoms with Crippen LogP contribution in [0.3, 0.4) is 0 Å². The third-order valence-corrected chi connectivity index (χ3v) is 3.75. The van der Waals surface area contributed by atoms with Gasteiger partial charge in [-0.1, -0.05) is 6.92 Å². The van der Waals surface area contributed by atoms with E-state index in [4.69, 9.17) is 0 Å². The maximum Gasteiger partial charge on any atom is 0.292 e. The summed E-state index contributed by atoms with van der Waals surface area (Å²) < 4.78 is 0. The Kier molecular flexibility index (Phi) is 6.30. The Hall–Kier alpha value is -1.76. The van der Waals surface area contributed by atoms with E-state index in [0.29, 0.717) is 29.6 Å². The molecule has 0 aliphatic carbocycles. The average Bonchev–Trinajstić information content (AvgIpc) is 2.44. The Balaban J connectivity index is 2.99. The van der Waals surface area contributed by atoms with Crippen LogP contribution < -0.4 is 10.6 Å². The Morgan fingerprint density at radius 3 is 2.75 bits per heavy atom. The molecule has 2 N–H and O–H groups in total. The molecule has 1 aromatic carbocycles. The highest BCUT2D eigenvalue weighted by Crippen LogP contribution is 2.26.